The topological polar surface area (TPSA) is 3.24 Å². The summed E-state index contributed by atoms with van der Waals surface area (Å²) >= 11 is 0. The van der Waals surface area contributed by atoms with Gasteiger partial charge in [-0.05, 0) is 38.6 Å². The molecule has 0 atom stereocenters. The molecule has 0 unspecified atom stereocenters. The van der Waals surface area contributed by atoms with Gasteiger partial charge in [-0.1, -0.05) is 79.9 Å². The van der Waals surface area contributed by atoms with Gasteiger partial charge in [0, 0.05) is 22.6 Å². The first kappa shape index (κ1) is 17.5. The van der Waals surface area contributed by atoms with Crippen molar-refractivity contribution >= 4 is 21.6 Å². The van der Waals surface area contributed by atoms with Crippen LogP contribution in [0.5, 0.6) is 0 Å². The first-order chi connectivity index (χ1) is 10.8. The van der Waals surface area contributed by atoms with Crippen LogP contribution >= 0.6 is 21.6 Å². The summed E-state index contributed by atoms with van der Waals surface area (Å²) < 4.78 is 1.19. The second-order valence-corrected chi connectivity index (χ2v) is 11.1. The molecule has 0 N–H and O–H groups in total. The molecule has 0 aromatic carbocycles. The smallest absolute Gasteiger partial charge is 0.0390 e. The Morgan fingerprint density at radius 3 is 1.68 bits per heavy atom. The van der Waals surface area contributed by atoms with E-state index in [1.807, 2.05) is 0 Å². The molecule has 1 aliphatic heterocycles. The molecule has 3 rings (SSSR count). The molecule has 0 amide bonds. The molecule has 3 fully saturated rings. The maximum Gasteiger partial charge on any atom is 0.0390 e. The second-order valence-electron chi connectivity index (χ2n) is 8.07. The van der Waals surface area contributed by atoms with E-state index in [-0.39, 0.29) is 0 Å². The van der Waals surface area contributed by atoms with Crippen molar-refractivity contribution in [1.82, 2.24) is 4.90 Å². The largest absolute Gasteiger partial charge is 0.301 e. The molecule has 2 saturated carbocycles. The van der Waals surface area contributed by atoms with Gasteiger partial charge in [0.05, 0.1) is 0 Å². The second kappa shape index (κ2) is 8.16. The molecule has 1 saturated heterocycles. The average Bonchev–Trinajstić information content (AvgIpc) is 2.68. The highest BCUT2D eigenvalue weighted by atomic mass is 33.1. The molecule has 3 heteroatoms. The van der Waals surface area contributed by atoms with Gasteiger partial charge in [-0.2, -0.15) is 0 Å². The van der Waals surface area contributed by atoms with E-state index in [0.717, 1.165) is 0 Å². The quantitative estimate of drug-likeness (QED) is 0.437. The fraction of sp³-hybridized carbons (Fsp3) is 1.00. The monoisotopic (exact) mass is 341 g/mol. The molecular weight excluding hydrogens is 306 g/mol. The number of hydrogen-bond acceptors (Lipinski definition) is 3. The molecule has 2 aliphatic carbocycles. The Balaban J connectivity index is 1.69. The van der Waals surface area contributed by atoms with Crippen molar-refractivity contribution in [2.75, 3.05) is 19.6 Å². The van der Waals surface area contributed by atoms with Crippen LogP contribution in [0.2, 0.25) is 0 Å². The minimum absolute atomic E-state index is 0.593. The molecule has 0 radical (unpaired) electrons. The number of hydrogen-bond donors (Lipinski definition) is 0. The summed E-state index contributed by atoms with van der Waals surface area (Å²) in [6, 6.07) is 0. The fourth-order valence-electron chi connectivity index (χ4n) is 4.72. The van der Waals surface area contributed by atoms with Gasteiger partial charge < -0.3 is 4.90 Å². The van der Waals surface area contributed by atoms with Gasteiger partial charge in [0.25, 0.3) is 0 Å². The maximum absolute atomic E-state index is 2.90. The SMILES string of the molecule is CCCCCN1CC2(CCCCC2)SSC2(CCCCC2)C1. The molecule has 0 aromatic rings. The van der Waals surface area contributed by atoms with Crippen LogP contribution in [0.15, 0.2) is 0 Å². The minimum atomic E-state index is 0.593. The third kappa shape index (κ3) is 4.39. The molecule has 0 aromatic heterocycles. The summed E-state index contributed by atoms with van der Waals surface area (Å²) in [5.41, 5.74) is 0. The molecule has 128 valence electrons. The standard InChI is InChI=1S/C19H35NS2/c1-2-3-10-15-20-16-18(11-6-4-7-12-18)21-22-19(17-20)13-8-5-9-14-19/h2-17H2,1H3. The van der Waals surface area contributed by atoms with E-state index in [9.17, 15) is 0 Å². The van der Waals surface area contributed by atoms with Crippen LogP contribution in [0.25, 0.3) is 0 Å². The van der Waals surface area contributed by atoms with Crippen LogP contribution in [0.1, 0.15) is 90.4 Å². The summed E-state index contributed by atoms with van der Waals surface area (Å²) in [6.07, 6.45) is 19.0. The Morgan fingerprint density at radius 2 is 1.23 bits per heavy atom. The Hall–Kier alpha value is 0.660. The van der Waals surface area contributed by atoms with Crippen molar-refractivity contribution in [3.8, 4) is 0 Å². The van der Waals surface area contributed by atoms with Crippen molar-refractivity contribution in [2.45, 2.75) is 99.9 Å². The molecule has 22 heavy (non-hydrogen) atoms. The summed E-state index contributed by atoms with van der Waals surface area (Å²) in [6.45, 7) is 6.46. The van der Waals surface area contributed by atoms with Gasteiger partial charge in [0.1, 0.15) is 0 Å². The summed E-state index contributed by atoms with van der Waals surface area (Å²) in [4.78, 5) is 2.90. The first-order valence-electron chi connectivity index (χ1n) is 9.85. The van der Waals surface area contributed by atoms with E-state index in [4.69, 9.17) is 0 Å². The van der Waals surface area contributed by atoms with E-state index in [0.29, 0.717) is 9.49 Å². The normalized spacial score (nSPS) is 28.8. The van der Waals surface area contributed by atoms with Crippen molar-refractivity contribution in [3.05, 3.63) is 0 Å². The molecule has 1 nitrogen and oxygen atoms in total. The van der Waals surface area contributed by atoms with Crippen LogP contribution in [-0.4, -0.2) is 34.0 Å². The van der Waals surface area contributed by atoms with Gasteiger partial charge in [-0.15, -0.1) is 0 Å². The van der Waals surface area contributed by atoms with Gasteiger partial charge >= 0.3 is 0 Å². The zero-order valence-corrected chi connectivity index (χ0v) is 16.2. The lowest BCUT2D eigenvalue weighted by Gasteiger charge is -2.38. The molecule has 2 spiro atoms. The van der Waals surface area contributed by atoms with Crippen LogP contribution in [0.4, 0.5) is 0 Å². The van der Waals surface area contributed by atoms with Gasteiger partial charge in [0.15, 0.2) is 0 Å². The Bertz CT molecular complexity index is 304. The van der Waals surface area contributed by atoms with Gasteiger partial charge in [-0.25, -0.2) is 0 Å². The first-order valence-corrected chi connectivity index (χ1v) is 12.0. The van der Waals surface area contributed by atoms with Crippen molar-refractivity contribution in [3.63, 3.8) is 0 Å². The fourth-order valence-corrected chi connectivity index (χ4v) is 8.83. The minimum Gasteiger partial charge on any atom is -0.301 e. The highest BCUT2D eigenvalue weighted by Crippen LogP contribution is 2.56. The van der Waals surface area contributed by atoms with Crippen LogP contribution in [0.3, 0.4) is 0 Å². The molecule has 3 aliphatic rings. The highest BCUT2D eigenvalue weighted by Gasteiger charge is 2.44. The Kier molecular flexibility index (Phi) is 6.48. The Morgan fingerprint density at radius 1 is 0.727 bits per heavy atom. The lowest BCUT2D eigenvalue weighted by atomic mass is 9.85. The van der Waals surface area contributed by atoms with Crippen LogP contribution in [0, 0.1) is 0 Å². The van der Waals surface area contributed by atoms with Gasteiger partial charge in [-0.3, -0.25) is 0 Å². The van der Waals surface area contributed by atoms with Crippen LogP contribution in [-0.2, 0) is 0 Å². The predicted octanol–water partition coefficient (Wildman–Crippen LogP) is 6.28. The number of rotatable bonds is 4. The van der Waals surface area contributed by atoms with E-state index in [2.05, 4.69) is 33.4 Å². The maximum atomic E-state index is 2.90. The van der Waals surface area contributed by atoms with E-state index in [1.54, 1.807) is 0 Å². The molecule has 0 bridgehead atoms. The molecular formula is C19H35NS2. The zero-order chi connectivity index (χ0) is 15.3. The Labute approximate surface area is 146 Å². The van der Waals surface area contributed by atoms with Crippen molar-refractivity contribution in [1.29, 1.82) is 0 Å². The van der Waals surface area contributed by atoms with E-state index < -0.39 is 0 Å². The highest BCUT2D eigenvalue weighted by molar-refractivity contribution is 8.77. The average molecular weight is 342 g/mol. The summed E-state index contributed by atoms with van der Waals surface area (Å²) in [7, 11) is 4.66. The lowest BCUT2D eigenvalue weighted by Crippen LogP contribution is -2.45. The number of nitrogens with zero attached hydrogens (tertiary/aromatic N) is 1. The lowest BCUT2D eigenvalue weighted by molar-refractivity contribution is 0.187. The third-order valence-electron chi connectivity index (χ3n) is 6.03. The number of unbranched alkanes of at least 4 members (excludes halogenated alkanes) is 2. The van der Waals surface area contributed by atoms with E-state index >= 15 is 0 Å². The summed E-state index contributed by atoms with van der Waals surface area (Å²) in [5, 5.41) is 0. The summed E-state index contributed by atoms with van der Waals surface area (Å²) in [5.74, 6) is 0. The predicted molar refractivity (Wildman–Crippen MR) is 103 cm³/mol. The van der Waals surface area contributed by atoms with E-state index in [1.165, 1.54) is 103 Å². The van der Waals surface area contributed by atoms with Crippen molar-refractivity contribution < 1.29 is 0 Å². The third-order valence-corrected chi connectivity index (χ3v) is 10.3. The zero-order valence-electron chi connectivity index (χ0n) is 14.6. The van der Waals surface area contributed by atoms with Crippen molar-refractivity contribution in [2.24, 2.45) is 0 Å². The van der Waals surface area contributed by atoms with Crippen LogP contribution < -0.4 is 0 Å². The van der Waals surface area contributed by atoms with Gasteiger partial charge in [0.2, 0.25) is 0 Å². The molecule has 1 heterocycles.